The first-order chi connectivity index (χ1) is 14.8. The van der Waals surface area contributed by atoms with E-state index in [-0.39, 0.29) is 35.9 Å². The molecule has 2 atom stereocenters. The highest BCUT2D eigenvalue weighted by atomic mass is 19.1. The molecule has 0 aliphatic carbocycles. The molecule has 0 radical (unpaired) electrons. The number of ether oxygens (including phenoxy) is 1. The Balaban J connectivity index is 1.70. The Labute approximate surface area is 179 Å². The van der Waals surface area contributed by atoms with E-state index in [9.17, 15) is 24.4 Å². The second-order valence-corrected chi connectivity index (χ2v) is 7.52. The first-order valence-electron chi connectivity index (χ1n) is 9.85. The predicted molar refractivity (Wildman–Crippen MR) is 111 cm³/mol. The van der Waals surface area contributed by atoms with Crippen molar-refractivity contribution in [3.05, 3.63) is 75.2 Å². The maximum absolute atomic E-state index is 13.2. The third-order valence-electron chi connectivity index (χ3n) is 5.47. The van der Waals surface area contributed by atoms with Crippen molar-refractivity contribution in [2.75, 3.05) is 13.3 Å². The van der Waals surface area contributed by atoms with Crippen molar-refractivity contribution in [1.29, 1.82) is 0 Å². The number of nitro groups is 1. The van der Waals surface area contributed by atoms with Crippen molar-refractivity contribution in [2.45, 2.75) is 39.1 Å². The van der Waals surface area contributed by atoms with E-state index in [0.717, 1.165) is 5.56 Å². The molecular formula is C22H24FN3O5. The van der Waals surface area contributed by atoms with E-state index >= 15 is 0 Å². The molecule has 9 heteroatoms. The molecule has 0 saturated carbocycles. The number of benzene rings is 2. The Morgan fingerprint density at radius 2 is 1.97 bits per heavy atom. The van der Waals surface area contributed by atoms with Gasteiger partial charge < -0.3 is 14.7 Å². The van der Waals surface area contributed by atoms with E-state index in [1.165, 1.54) is 30.3 Å². The molecule has 0 bridgehead atoms. The maximum Gasteiger partial charge on any atom is 0.275 e. The van der Waals surface area contributed by atoms with Crippen LogP contribution in [0.2, 0.25) is 0 Å². The van der Waals surface area contributed by atoms with Crippen molar-refractivity contribution < 1.29 is 24.0 Å². The minimum atomic E-state index is -0.555. The summed E-state index contributed by atoms with van der Waals surface area (Å²) in [6.07, 6.45) is 0. The quantitative estimate of drug-likeness (QED) is 0.411. The fraction of sp³-hybridized carbons (Fsp3) is 0.364. The van der Waals surface area contributed by atoms with Crippen LogP contribution in [0.4, 0.5) is 10.1 Å². The van der Waals surface area contributed by atoms with Crippen LogP contribution in [0.1, 0.15) is 25.0 Å². The number of rotatable bonds is 7. The second kappa shape index (κ2) is 9.70. The Morgan fingerprint density at radius 1 is 1.26 bits per heavy atom. The molecule has 2 aromatic carbocycles. The zero-order valence-electron chi connectivity index (χ0n) is 17.3. The third kappa shape index (κ3) is 5.08. The number of aliphatic hydroxyl groups is 1. The average Bonchev–Trinajstić information content (AvgIpc) is 2.76. The van der Waals surface area contributed by atoms with Gasteiger partial charge in [0.1, 0.15) is 29.9 Å². The largest absolute Gasteiger partial charge is 0.478 e. The molecule has 1 saturated heterocycles. The molecule has 31 heavy (non-hydrogen) atoms. The van der Waals surface area contributed by atoms with Crippen LogP contribution in [0.5, 0.6) is 5.75 Å². The van der Waals surface area contributed by atoms with E-state index in [1.807, 2.05) is 29.6 Å². The molecule has 0 amide bonds. The zero-order valence-corrected chi connectivity index (χ0v) is 17.3. The molecule has 0 spiro atoms. The Kier molecular flexibility index (Phi) is 7.02. The van der Waals surface area contributed by atoms with E-state index in [0.29, 0.717) is 24.5 Å². The number of halogens is 1. The van der Waals surface area contributed by atoms with Gasteiger partial charge in [0.25, 0.3) is 5.69 Å². The van der Waals surface area contributed by atoms with Gasteiger partial charge in [0.2, 0.25) is 0 Å². The van der Waals surface area contributed by atoms with Gasteiger partial charge in [0, 0.05) is 25.2 Å². The normalized spacial score (nSPS) is 19.2. The lowest BCUT2D eigenvalue weighted by Crippen LogP contribution is -2.55. The zero-order chi connectivity index (χ0) is 22.5. The highest BCUT2D eigenvalue weighted by molar-refractivity contribution is 5.54. The Hall–Kier alpha value is -3.26. The number of aliphatic hydroxyl groups excluding tert-OH is 1. The molecule has 3 rings (SSSR count). The number of piperazine rings is 1. The molecule has 164 valence electrons. The number of nitro benzene ring substituents is 1. The van der Waals surface area contributed by atoms with Crippen LogP contribution < -0.4 is 4.74 Å². The number of hydrogen-bond donors (Lipinski definition) is 1. The molecule has 1 aliphatic rings. The summed E-state index contributed by atoms with van der Waals surface area (Å²) in [4.78, 5) is 26.1. The second-order valence-electron chi connectivity index (χ2n) is 7.52. The summed E-state index contributed by atoms with van der Waals surface area (Å²) >= 11 is 0. The Morgan fingerprint density at radius 3 is 2.58 bits per heavy atom. The van der Waals surface area contributed by atoms with Crippen LogP contribution in [0.15, 0.2) is 48.2 Å². The van der Waals surface area contributed by atoms with Gasteiger partial charge in [-0.1, -0.05) is 12.1 Å². The van der Waals surface area contributed by atoms with Crippen LogP contribution in [0.3, 0.4) is 0 Å². The van der Waals surface area contributed by atoms with Crippen molar-refractivity contribution in [2.24, 2.45) is 0 Å². The smallest absolute Gasteiger partial charge is 0.275 e. The van der Waals surface area contributed by atoms with Crippen molar-refractivity contribution in [3.8, 4) is 5.75 Å². The molecule has 1 fully saturated rings. The minimum absolute atomic E-state index is 0.0221. The first kappa shape index (κ1) is 22.4. The van der Waals surface area contributed by atoms with Gasteiger partial charge in [-0.3, -0.25) is 15.0 Å². The van der Waals surface area contributed by atoms with E-state index in [1.54, 1.807) is 12.1 Å². The first-order valence-corrected chi connectivity index (χ1v) is 9.85. The SMILES string of the molecule is C[C@@H]1CN(COc2ccc([N+](=O)[O-])c(CO)c2)[C@@H](C)C(=C=O)N1Cc1ccc(F)cc1. The molecule has 0 aromatic heterocycles. The summed E-state index contributed by atoms with van der Waals surface area (Å²) in [5.41, 5.74) is 1.37. The van der Waals surface area contributed by atoms with Gasteiger partial charge in [-0.15, -0.1) is 0 Å². The van der Waals surface area contributed by atoms with Crippen LogP contribution >= 0.6 is 0 Å². The summed E-state index contributed by atoms with van der Waals surface area (Å²) in [5.74, 6) is 2.12. The molecule has 1 aliphatic heterocycles. The van der Waals surface area contributed by atoms with Crippen molar-refractivity contribution >= 4 is 11.6 Å². The highest BCUT2D eigenvalue weighted by Gasteiger charge is 2.34. The van der Waals surface area contributed by atoms with Gasteiger partial charge in [-0.25, -0.2) is 9.18 Å². The van der Waals surface area contributed by atoms with Gasteiger partial charge in [-0.2, -0.15) is 0 Å². The molecular weight excluding hydrogens is 405 g/mol. The van der Waals surface area contributed by atoms with Crippen LogP contribution in [-0.4, -0.2) is 51.1 Å². The molecule has 2 aromatic rings. The van der Waals surface area contributed by atoms with Gasteiger partial charge >= 0.3 is 0 Å². The summed E-state index contributed by atoms with van der Waals surface area (Å²) in [6, 6.07) is 10.1. The summed E-state index contributed by atoms with van der Waals surface area (Å²) in [5, 5.41) is 20.4. The van der Waals surface area contributed by atoms with Crippen LogP contribution in [0.25, 0.3) is 0 Å². The lowest BCUT2D eigenvalue weighted by Gasteiger charge is -2.45. The standard InChI is InChI=1S/C22H24FN3O5/c1-15-10-24(14-31-20-7-8-21(26(29)30)18(9-20)12-27)16(2)22(13-28)25(15)11-17-3-5-19(23)6-4-17/h3-9,15-16,27H,10-12,14H2,1-2H3/t15-,16+/m1/s1. The fourth-order valence-corrected chi connectivity index (χ4v) is 3.70. The topological polar surface area (TPSA) is 96.1 Å². The van der Waals surface area contributed by atoms with E-state index in [2.05, 4.69) is 0 Å². The van der Waals surface area contributed by atoms with Crippen molar-refractivity contribution in [3.63, 3.8) is 0 Å². The number of nitrogens with zero attached hydrogens (tertiary/aromatic N) is 3. The Bertz CT molecular complexity index is 991. The molecule has 0 unspecified atom stereocenters. The minimum Gasteiger partial charge on any atom is -0.478 e. The van der Waals surface area contributed by atoms with E-state index in [4.69, 9.17) is 4.74 Å². The third-order valence-corrected chi connectivity index (χ3v) is 5.47. The molecule has 8 nitrogen and oxygen atoms in total. The molecule has 1 N–H and O–H groups in total. The predicted octanol–water partition coefficient (Wildman–Crippen LogP) is 2.87. The van der Waals surface area contributed by atoms with E-state index < -0.39 is 11.5 Å². The maximum atomic E-state index is 13.2. The van der Waals surface area contributed by atoms with Gasteiger partial charge in [0.05, 0.1) is 23.1 Å². The van der Waals surface area contributed by atoms with Crippen LogP contribution in [0, 0.1) is 15.9 Å². The highest BCUT2D eigenvalue weighted by Crippen LogP contribution is 2.27. The van der Waals surface area contributed by atoms with Gasteiger partial charge in [0.15, 0.2) is 0 Å². The lowest BCUT2D eigenvalue weighted by atomic mass is 10.0. The summed E-state index contributed by atoms with van der Waals surface area (Å²) in [7, 11) is 0. The van der Waals surface area contributed by atoms with Crippen LogP contribution in [-0.2, 0) is 17.9 Å². The average molecular weight is 429 g/mol. The van der Waals surface area contributed by atoms with Gasteiger partial charge in [-0.05, 0) is 43.7 Å². The monoisotopic (exact) mass is 429 g/mol. The number of hydrogen-bond acceptors (Lipinski definition) is 7. The summed E-state index contributed by atoms with van der Waals surface area (Å²) < 4.78 is 19.0. The summed E-state index contributed by atoms with van der Waals surface area (Å²) in [6.45, 7) is 4.61. The fourth-order valence-electron chi connectivity index (χ4n) is 3.70. The number of carbonyl (C=O) groups excluding carboxylic acids is 1. The lowest BCUT2D eigenvalue weighted by molar-refractivity contribution is -0.385. The van der Waals surface area contributed by atoms with Crippen molar-refractivity contribution in [1.82, 2.24) is 9.80 Å². The molecule has 1 heterocycles.